The van der Waals surface area contributed by atoms with Crippen LogP contribution in [0.1, 0.15) is 15.9 Å². The van der Waals surface area contributed by atoms with Crippen molar-refractivity contribution in [1.82, 2.24) is 4.98 Å². The number of carboxylic acids is 1. The van der Waals surface area contributed by atoms with Crippen molar-refractivity contribution in [1.29, 1.82) is 0 Å². The highest BCUT2D eigenvalue weighted by Gasteiger charge is 2.35. The first-order valence-corrected chi connectivity index (χ1v) is 4.94. The predicted molar refractivity (Wildman–Crippen MR) is 54.0 cm³/mol. The average molecular weight is 286 g/mol. The number of ether oxygens (including phenoxy) is 2. The van der Waals surface area contributed by atoms with Crippen molar-refractivity contribution in [2.24, 2.45) is 0 Å². The molecule has 5 nitrogen and oxygen atoms in total. The average Bonchev–Trinajstić information content (AvgIpc) is 2.25. The molecule has 0 aliphatic rings. The summed E-state index contributed by atoms with van der Waals surface area (Å²) in [5.41, 5.74) is -0.914. The minimum atomic E-state index is -5.05. The summed E-state index contributed by atoms with van der Waals surface area (Å²) in [5.74, 6) is -3.11. The molecular formula is C9H7ClF3NO4. The van der Waals surface area contributed by atoms with Gasteiger partial charge in [0.2, 0.25) is 5.88 Å². The van der Waals surface area contributed by atoms with E-state index in [2.05, 4.69) is 9.72 Å². The number of rotatable bonds is 4. The second-order valence-electron chi connectivity index (χ2n) is 2.97. The van der Waals surface area contributed by atoms with E-state index in [-0.39, 0.29) is 17.2 Å². The van der Waals surface area contributed by atoms with Gasteiger partial charge in [-0.3, -0.25) is 0 Å². The lowest BCUT2D eigenvalue weighted by atomic mass is 10.1. The lowest BCUT2D eigenvalue weighted by molar-refractivity contribution is -0.276. The number of methoxy groups -OCH3 is 1. The normalized spacial score (nSPS) is 11.2. The molecule has 0 aliphatic heterocycles. The number of carboxylic acid groups (broad SMARTS) is 1. The molecule has 0 amide bonds. The van der Waals surface area contributed by atoms with Gasteiger partial charge in [-0.2, -0.15) is 0 Å². The van der Waals surface area contributed by atoms with Crippen molar-refractivity contribution in [3.8, 4) is 11.6 Å². The van der Waals surface area contributed by atoms with Crippen LogP contribution in [0.15, 0.2) is 6.20 Å². The number of aromatic carboxylic acids is 1. The highest BCUT2D eigenvalue weighted by atomic mass is 35.5. The van der Waals surface area contributed by atoms with Gasteiger partial charge < -0.3 is 14.6 Å². The Morgan fingerprint density at radius 1 is 1.56 bits per heavy atom. The maximum Gasteiger partial charge on any atom is 0.574 e. The highest BCUT2D eigenvalue weighted by molar-refractivity contribution is 6.18. The first kappa shape index (κ1) is 14.4. The third-order valence-corrected chi connectivity index (χ3v) is 2.16. The molecule has 0 radical (unpaired) electrons. The number of nitrogens with zero attached hydrogens (tertiary/aromatic N) is 1. The topological polar surface area (TPSA) is 68.7 Å². The maximum absolute atomic E-state index is 12.1. The Hall–Kier alpha value is -1.70. The molecule has 0 saturated heterocycles. The van der Waals surface area contributed by atoms with E-state index in [1.54, 1.807) is 0 Å². The molecule has 1 aromatic rings. The second-order valence-corrected chi connectivity index (χ2v) is 3.24. The van der Waals surface area contributed by atoms with E-state index in [1.807, 2.05) is 0 Å². The molecular weight excluding hydrogens is 279 g/mol. The second kappa shape index (κ2) is 5.30. The summed E-state index contributed by atoms with van der Waals surface area (Å²) in [4.78, 5) is 14.2. The fourth-order valence-electron chi connectivity index (χ4n) is 1.23. The molecule has 0 aliphatic carbocycles. The Labute approximate surface area is 104 Å². The van der Waals surface area contributed by atoms with Gasteiger partial charge in [0.05, 0.1) is 19.2 Å². The molecule has 0 unspecified atom stereocenters. The molecule has 9 heteroatoms. The summed E-state index contributed by atoms with van der Waals surface area (Å²) in [5, 5.41) is 8.89. The van der Waals surface area contributed by atoms with E-state index in [9.17, 15) is 18.0 Å². The Morgan fingerprint density at radius 3 is 2.56 bits per heavy atom. The molecule has 100 valence electrons. The van der Waals surface area contributed by atoms with Crippen LogP contribution in [-0.2, 0) is 5.88 Å². The third kappa shape index (κ3) is 3.16. The molecule has 1 heterocycles. The molecule has 1 N–H and O–H groups in total. The minimum Gasteiger partial charge on any atom is -0.495 e. The molecule has 0 aromatic carbocycles. The zero-order valence-corrected chi connectivity index (χ0v) is 9.67. The van der Waals surface area contributed by atoms with Crippen LogP contribution in [0.4, 0.5) is 13.2 Å². The van der Waals surface area contributed by atoms with E-state index in [4.69, 9.17) is 21.4 Å². The number of halogens is 4. The van der Waals surface area contributed by atoms with Crippen molar-refractivity contribution in [3.63, 3.8) is 0 Å². The Kier molecular flexibility index (Phi) is 4.23. The van der Waals surface area contributed by atoms with E-state index in [0.717, 1.165) is 6.20 Å². The summed E-state index contributed by atoms with van der Waals surface area (Å²) >= 11 is 5.50. The SMILES string of the molecule is COc1cnc(OC(F)(F)F)c(C(=O)O)c1CCl. The Bertz CT molecular complexity index is 464. The van der Waals surface area contributed by atoms with Gasteiger partial charge >= 0.3 is 12.3 Å². The van der Waals surface area contributed by atoms with Gasteiger partial charge in [-0.15, -0.1) is 24.8 Å². The van der Waals surface area contributed by atoms with E-state index in [1.165, 1.54) is 7.11 Å². The van der Waals surface area contributed by atoms with Gasteiger partial charge in [-0.25, -0.2) is 9.78 Å². The lowest BCUT2D eigenvalue weighted by Gasteiger charge is -2.14. The van der Waals surface area contributed by atoms with Crippen LogP contribution in [0.25, 0.3) is 0 Å². The Balaban J connectivity index is 3.39. The van der Waals surface area contributed by atoms with Gasteiger partial charge in [0.1, 0.15) is 11.3 Å². The fraction of sp³-hybridized carbons (Fsp3) is 0.333. The summed E-state index contributed by atoms with van der Waals surface area (Å²) < 4.78 is 44.5. The summed E-state index contributed by atoms with van der Waals surface area (Å²) in [6.45, 7) is 0. The molecule has 18 heavy (non-hydrogen) atoms. The quantitative estimate of drug-likeness (QED) is 0.861. The van der Waals surface area contributed by atoms with Crippen LogP contribution in [0, 0.1) is 0 Å². The number of alkyl halides is 4. The van der Waals surface area contributed by atoms with Crippen molar-refractivity contribution in [3.05, 3.63) is 17.3 Å². The molecule has 1 aromatic heterocycles. The lowest BCUT2D eigenvalue weighted by Crippen LogP contribution is -2.21. The fourth-order valence-corrected chi connectivity index (χ4v) is 1.49. The zero-order chi connectivity index (χ0) is 13.9. The third-order valence-electron chi connectivity index (χ3n) is 1.89. The van der Waals surface area contributed by atoms with Gasteiger partial charge in [-0.05, 0) is 0 Å². The standard InChI is InChI=1S/C9H7ClF3NO4/c1-17-5-3-14-7(18-9(11,12)13)6(8(15)16)4(5)2-10/h3H,2H2,1H3,(H,15,16). The van der Waals surface area contributed by atoms with E-state index < -0.39 is 23.8 Å². The van der Waals surface area contributed by atoms with E-state index >= 15 is 0 Å². The molecule has 0 spiro atoms. The van der Waals surface area contributed by atoms with Crippen molar-refractivity contribution < 1.29 is 32.5 Å². The number of hydrogen-bond donors (Lipinski definition) is 1. The smallest absolute Gasteiger partial charge is 0.495 e. The minimum absolute atomic E-state index is 0.0306. The maximum atomic E-state index is 12.1. The molecule has 1 rings (SSSR count). The van der Waals surface area contributed by atoms with Crippen molar-refractivity contribution in [2.45, 2.75) is 12.2 Å². The van der Waals surface area contributed by atoms with Gasteiger partial charge in [0.25, 0.3) is 0 Å². The van der Waals surface area contributed by atoms with Gasteiger partial charge in [0, 0.05) is 5.56 Å². The van der Waals surface area contributed by atoms with Crippen LogP contribution in [0.2, 0.25) is 0 Å². The molecule has 0 atom stereocenters. The van der Waals surface area contributed by atoms with E-state index in [0.29, 0.717) is 0 Å². The summed E-state index contributed by atoms with van der Waals surface area (Å²) in [7, 11) is 1.21. The molecule has 0 saturated carbocycles. The van der Waals surface area contributed by atoms with Gasteiger partial charge in [-0.1, -0.05) is 0 Å². The zero-order valence-electron chi connectivity index (χ0n) is 8.92. The van der Waals surface area contributed by atoms with Crippen LogP contribution in [0.3, 0.4) is 0 Å². The van der Waals surface area contributed by atoms with Crippen LogP contribution >= 0.6 is 11.6 Å². The first-order chi connectivity index (χ1) is 8.30. The van der Waals surface area contributed by atoms with Crippen LogP contribution in [0.5, 0.6) is 11.6 Å². The predicted octanol–water partition coefficient (Wildman–Crippen LogP) is 2.43. The number of carbonyl (C=O) groups is 1. The molecule has 0 fully saturated rings. The monoisotopic (exact) mass is 285 g/mol. The van der Waals surface area contributed by atoms with Crippen molar-refractivity contribution in [2.75, 3.05) is 7.11 Å². The van der Waals surface area contributed by atoms with Crippen molar-refractivity contribution >= 4 is 17.6 Å². The number of pyridine rings is 1. The number of aromatic nitrogens is 1. The highest BCUT2D eigenvalue weighted by Crippen LogP contribution is 2.32. The number of hydrogen-bond acceptors (Lipinski definition) is 4. The largest absolute Gasteiger partial charge is 0.574 e. The van der Waals surface area contributed by atoms with Gasteiger partial charge in [0.15, 0.2) is 0 Å². The van der Waals surface area contributed by atoms with Crippen LogP contribution in [-0.4, -0.2) is 29.5 Å². The Morgan fingerprint density at radius 2 is 2.17 bits per heavy atom. The summed E-state index contributed by atoms with van der Waals surface area (Å²) in [6, 6.07) is 0. The first-order valence-electron chi connectivity index (χ1n) is 4.41. The van der Waals surface area contributed by atoms with Crippen LogP contribution < -0.4 is 9.47 Å². The summed E-state index contributed by atoms with van der Waals surface area (Å²) in [6.07, 6.45) is -4.14. The molecule has 0 bridgehead atoms.